The molecule has 1 amide bonds. The maximum absolute atomic E-state index is 12.1. The fraction of sp³-hybridized carbons (Fsp3) is 0.765. The molecule has 0 aromatic carbocycles. The van der Waals surface area contributed by atoms with E-state index >= 15 is 0 Å². The Morgan fingerprint density at radius 3 is 2.78 bits per heavy atom. The molecule has 0 radical (unpaired) electrons. The van der Waals surface area contributed by atoms with Crippen LogP contribution in [0.4, 0.5) is 4.79 Å². The van der Waals surface area contributed by atoms with Crippen molar-refractivity contribution in [2.45, 2.75) is 45.1 Å². The first-order chi connectivity index (χ1) is 11.0. The van der Waals surface area contributed by atoms with Gasteiger partial charge >= 0.3 is 6.16 Å². The van der Waals surface area contributed by atoms with Crippen LogP contribution < -0.4 is 0 Å². The van der Waals surface area contributed by atoms with Gasteiger partial charge < -0.3 is 14.4 Å². The van der Waals surface area contributed by atoms with Gasteiger partial charge in [-0.05, 0) is 20.5 Å². The van der Waals surface area contributed by atoms with E-state index in [9.17, 15) is 9.59 Å². The molecule has 6 heteroatoms. The highest BCUT2D eigenvalue weighted by Gasteiger charge is 2.34. The molecule has 1 fully saturated rings. The number of carbonyl (C=O) groups excluding carboxylic acids is 2. The zero-order chi connectivity index (χ0) is 17.1. The van der Waals surface area contributed by atoms with E-state index in [2.05, 4.69) is 18.8 Å². The smallest absolute Gasteiger partial charge is 0.434 e. The number of ether oxygens (including phenoxy) is 2. The van der Waals surface area contributed by atoms with E-state index < -0.39 is 12.3 Å². The quantitative estimate of drug-likeness (QED) is 0.388. The van der Waals surface area contributed by atoms with Crippen LogP contribution >= 0.6 is 0 Å². The van der Waals surface area contributed by atoms with Crippen molar-refractivity contribution < 1.29 is 19.1 Å². The Hall–Kier alpha value is -1.74. The van der Waals surface area contributed by atoms with Crippen molar-refractivity contribution in [1.29, 1.82) is 0 Å². The zero-order valence-corrected chi connectivity index (χ0v) is 14.5. The van der Waals surface area contributed by atoms with Crippen molar-refractivity contribution in [1.82, 2.24) is 9.80 Å². The van der Waals surface area contributed by atoms with Gasteiger partial charge in [0.1, 0.15) is 0 Å². The molecular formula is C17H28N2O4. The standard InChI is InChI=1S/C17H28N2O4/c1-4-5-6-9-14-22-17(21)23-15-10-13-19(16(15)20)12-8-7-11-18(2)3/h15H,4-6,9-14H2,1-3H3/t15-/m1/s1. The second-order valence-corrected chi connectivity index (χ2v) is 5.91. The lowest BCUT2D eigenvalue weighted by molar-refractivity contribution is -0.135. The van der Waals surface area contributed by atoms with Gasteiger partial charge in [0.05, 0.1) is 19.7 Å². The van der Waals surface area contributed by atoms with E-state index in [1.807, 2.05) is 19.0 Å². The first kappa shape index (κ1) is 19.3. The molecule has 0 unspecified atom stereocenters. The Morgan fingerprint density at radius 2 is 2.09 bits per heavy atom. The molecule has 0 aromatic rings. The van der Waals surface area contributed by atoms with Crippen LogP contribution in [0.3, 0.4) is 0 Å². The van der Waals surface area contributed by atoms with Crippen LogP contribution in [0.25, 0.3) is 0 Å². The number of rotatable bonds is 8. The van der Waals surface area contributed by atoms with Crippen LogP contribution in [0.1, 0.15) is 39.0 Å². The van der Waals surface area contributed by atoms with Gasteiger partial charge in [-0.25, -0.2) is 4.79 Å². The summed E-state index contributed by atoms with van der Waals surface area (Å²) in [5.41, 5.74) is 0. The lowest BCUT2D eigenvalue weighted by Crippen LogP contribution is -2.32. The van der Waals surface area contributed by atoms with E-state index in [1.54, 1.807) is 4.90 Å². The second kappa shape index (κ2) is 10.9. The molecule has 1 aliphatic heterocycles. The summed E-state index contributed by atoms with van der Waals surface area (Å²) in [4.78, 5) is 27.2. The fourth-order valence-electron chi connectivity index (χ4n) is 2.18. The number of unbranched alkanes of at least 4 members (excludes halogenated alkanes) is 3. The normalized spacial score (nSPS) is 17.1. The molecule has 6 nitrogen and oxygen atoms in total. The molecule has 1 saturated heterocycles. The second-order valence-electron chi connectivity index (χ2n) is 5.91. The average Bonchev–Trinajstić information content (AvgIpc) is 2.84. The van der Waals surface area contributed by atoms with E-state index in [0.29, 0.717) is 32.7 Å². The highest BCUT2D eigenvalue weighted by molar-refractivity contribution is 5.85. The summed E-state index contributed by atoms with van der Waals surface area (Å²) in [6.45, 7) is 4.06. The van der Waals surface area contributed by atoms with Crippen LogP contribution in [-0.2, 0) is 14.3 Å². The molecule has 1 rings (SSSR count). The molecule has 1 atom stereocenters. The maximum atomic E-state index is 12.1. The molecule has 0 saturated carbocycles. The van der Waals surface area contributed by atoms with Gasteiger partial charge in [0.15, 0.2) is 6.10 Å². The predicted octanol–water partition coefficient (Wildman–Crippen LogP) is 1.89. The lowest BCUT2D eigenvalue weighted by Gasteiger charge is -2.13. The first-order valence-corrected chi connectivity index (χ1v) is 8.27. The van der Waals surface area contributed by atoms with Crippen LogP contribution in [0.15, 0.2) is 0 Å². The van der Waals surface area contributed by atoms with E-state index in [0.717, 1.165) is 25.7 Å². The molecule has 23 heavy (non-hydrogen) atoms. The van der Waals surface area contributed by atoms with E-state index in [-0.39, 0.29) is 5.91 Å². The van der Waals surface area contributed by atoms with Gasteiger partial charge in [-0.15, -0.1) is 0 Å². The summed E-state index contributed by atoms with van der Waals surface area (Å²) >= 11 is 0. The Morgan fingerprint density at radius 1 is 1.30 bits per heavy atom. The number of carbonyl (C=O) groups is 2. The van der Waals surface area contributed by atoms with Crippen molar-refractivity contribution in [3.05, 3.63) is 0 Å². The van der Waals surface area contributed by atoms with Gasteiger partial charge in [-0.3, -0.25) is 9.69 Å². The summed E-state index contributed by atoms with van der Waals surface area (Å²) in [6.07, 6.45) is 3.14. The minimum atomic E-state index is -0.750. The fourth-order valence-corrected chi connectivity index (χ4v) is 2.18. The van der Waals surface area contributed by atoms with Crippen LogP contribution in [0.5, 0.6) is 0 Å². The minimum absolute atomic E-state index is 0.188. The molecule has 0 N–H and O–H groups in total. The number of nitrogens with zero attached hydrogens (tertiary/aromatic N) is 2. The molecule has 0 aliphatic carbocycles. The largest absolute Gasteiger partial charge is 0.509 e. The number of hydrogen-bond acceptors (Lipinski definition) is 5. The number of hydrogen-bond donors (Lipinski definition) is 0. The van der Waals surface area contributed by atoms with Crippen molar-refractivity contribution in [3.8, 4) is 11.8 Å². The van der Waals surface area contributed by atoms with Gasteiger partial charge in [0.2, 0.25) is 0 Å². The van der Waals surface area contributed by atoms with Crippen molar-refractivity contribution in [2.24, 2.45) is 0 Å². The summed E-state index contributed by atoms with van der Waals surface area (Å²) < 4.78 is 10.1. The minimum Gasteiger partial charge on any atom is -0.434 e. The molecular weight excluding hydrogens is 296 g/mol. The zero-order valence-electron chi connectivity index (χ0n) is 14.5. The van der Waals surface area contributed by atoms with Crippen molar-refractivity contribution >= 4 is 12.1 Å². The summed E-state index contributed by atoms with van der Waals surface area (Å²) in [6, 6.07) is 0. The number of amides is 1. The Balaban J connectivity index is 2.24. The Kier molecular flexibility index (Phi) is 9.15. The van der Waals surface area contributed by atoms with Gasteiger partial charge in [0, 0.05) is 13.0 Å². The Bertz CT molecular complexity index is 440. The van der Waals surface area contributed by atoms with Gasteiger partial charge in [-0.2, -0.15) is 0 Å². The van der Waals surface area contributed by atoms with E-state index in [1.165, 1.54) is 0 Å². The Labute approximate surface area is 139 Å². The third-order valence-electron chi connectivity index (χ3n) is 3.49. The topological polar surface area (TPSA) is 59.1 Å². The van der Waals surface area contributed by atoms with Crippen LogP contribution in [0.2, 0.25) is 0 Å². The molecule has 0 spiro atoms. The monoisotopic (exact) mass is 324 g/mol. The third-order valence-corrected chi connectivity index (χ3v) is 3.49. The molecule has 0 bridgehead atoms. The number of likely N-dealkylation sites (tertiary alicyclic amines) is 1. The molecule has 0 aromatic heterocycles. The van der Waals surface area contributed by atoms with Gasteiger partial charge in [0.25, 0.3) is 5.91 Å². The lowest BCUT2D eigenvalue weighted by atomic mass is 10.2. The highest BCUT2D eigenvalue weighted by atomic mass is 16.7. The predicted molar refractivity (Wildman–Crippen MR) is 87.9 cm³/mol. The molecule has 1 aliphatic rings. The van der Waals surface area contributed by atoms with Crippen LogP contribution in [-0.4, -0.2) is 68.3 Å². The summed E-state index contributed by atoms with van der Waals surface area (Å²) in [5, 5.41) is 0. The first-order valence-electron chi connectivity index (χ1n) is 8.27. The summed E-state index contributed by atoms with van der Waals surface area (Å²) in [7, 11) is 3.88. The maximum Gasteiger partial charge on any atom is 0.509 e. The molecule has 130 valence electrons. The van der Waals surface area contributed by atoms with Crippen LogP contribution in [0, 0.1) is 11.8 Å². The average molecular weight is 324 g/mol. The third kappa shape index (κ3) is 7.89. The van der Waals surface area contributed by atoms with Crippen molar-refractivity contribution in [2.75, 3.05) is 40.3 Å². The van der Waals surface area contributed by atoms with E-state index in [4.69, 9.17) is 9.47 Å². The van der Waals surface area contributed by atoms with Crippen molar-refractivity contribution in [3.63, 3.8) is 0 Å². The van der Waals surface area contributed by atoms with Gasteiger partial charge in [-0.1, -0.05) is 38.0 Å². The summed E-state index contributed by atoms with van der Waals surface area (Å²) in [5.74, 6) is 5.75. The highest BCUT2D eigenvalue weighted by Crippen LogP contribution is 2.14. The molecule has 1 heterocycles. The SMILES string of the molecule is CCCCCCOC(=O)O[C@@H]1CCN(CC#CCN(C)C)C1=O.